The van der Waals surface area contributed by atoms with E-state index in [9.17, 15) is 0 Å². The van der Waals surface area contributed by atoms with Gasteiger partial charge in [-0.05, 0) is 20.8 Å². The fraction of sp³-hybridized carbons (Fsp3) is 0.273. The van der Waals surface area contributed by atoms with Gasteiger partial charge in [0.1, 0.15) is 17.6 Å². The van der Waals surface area contributed by atoms with E-state index in [1.807, 2.05) is 19.9 Å². The van der Waals surface area contributed by atoms with Gasteiger partial charge in [0.2, 0.25) is 0 Å². The first-order valence-corrected chi connectivity index (χ1v) is 5.62. The number of aryl methyl sites for hydroxylation is 3. The normalized spacial score (nSPS) is 10.1. The standard InChI is InChI=1S/C11H10N4S/c1-6-11(16-8(3)13-6)10-4-9(5-12)14-7(2)15-10/h4H,1-3H3. The van der Waals surface area contributed by atoms with Crippen molar-refractivity contribution >= 4 is 11.3 Å². The third kappa shape index (κ3) is 1.92. The van der Waals surface area contributed by atoms with Crippen molar-refractivity contribution in [1.29, 1.82) is 5.26 Å². The van der Waals surface area contributed by atoms with Crippen LogP contribution in [-0.4, -0.2) is 15.0 Å². The molecule has 0 bridgehead atoms. The summed E-state index contributed by atoms with van der Waals surface area (Å²) in [5.74, 6) is 0.611. The lowest BCUT2D eigenvalue weighted by Gasteiger charge is -2.00. The van der Waals surface area contributed by atoms with Crippen molar-refractivity contribution < 1.29 is 0 Å². The second kappa shape index (κ2) is 3.99. The van der Waals surface area contributed by atoms with Crippen LogP contribution >= 0.6 is 11.3 Å². The first-order chi connectivity index (χ1) is 7.60. The van der Waals surface area contributed by atoms with Crippen LogP contribution in [0.25, 0.3) is 10.6 Å². The molecule has 2 aromatic rings. The zero-order valence-electron chi connectivity index (χ0n) is 9.27. The molecule has 0 aliphatic carbocycles. The summed E-state index contributed by atoms with van der Waals surface area (Å²) in [5.41, 5.74) is 2.13. The summed E-state index contributed by atoms with van der Waals surface area (Å²) in [4.78, 5) is 13.7. The maximum absolute atomic E-state index is 8.86. The Morgan fingerprint density at radius 1 is 1.19 bits per heavy atom. The van der Waals surface area contributed by atoms with Crippen molar-refractivity contribution in [3.05, 3.63) is 28.3 Å². The molecule has 0 unspecified atom stereocenters. The predicted octanol–water partition coefficient (Wildman–Crippen LogP) is 2.40. The van der Waals surface area contributed by atoms with Crippen LogP contribution in [0.5, 0.6) is 0 Å². The number of nitriles is 1. The fourth-order valence-electron chi connectivity index (χ4n) is 1.51. The van der Waals surface area contributed by atoms with Crippen molar-refractivity contribution in [2.75, 3.05) is 0 Å². The molecule has 2 rings (SSSR count). The number of rotatable bonds is 1. The topological polar surface area (TPSA) is 62.5 Å². The number of hydrogen-bond acceptors (Lipinski definition) is 5. The van der Waals surface area contributed by atoms with Crippen LogP contribution in [-0.2, 0) is 0 Å². The highest BCUT2D eigenvalue weighted by molar-refractivity contribution is 7.15. The van der Waals surface area contributed by atoms with Crippen LogP contribution in [0.4, 0.5) is 0 Å². The first-order valence-electron chi connectivity index (χ1n) is 4.80. The van der Waals surface area contributed by atoms with Gasteiger partial charge < -0.3 is 0 Å². The van der Waals surface area contributed by atoms with Gasteiger partial charge >= 0.3 is 0 Å². The lowest BCUT2D eigenvalue weighted by molar-refractivity contribution is 1.04. The molecule has 2 heterocycles. The molecule has 16 heavy (non-hydrogen) atoms. The summed E-state index contributed by atoms with van der Waals surface area (Å²) >= 11 is 1.58. The lowest BCUT2D eigenvalue weighted by atomic mass is 10.2. The minimum absolute atomic E-state index is 0.396. The largest absolute Gasteiger partial charge is 0.246 e. The van der Waals surface area contributed by atoms with Gasteiger partial charge in [0.05, 0.1) is 21.3 Å². The van der Waals surface area contributed by atoms with Crippen LogP contribution in [0.1, 0.15) is 22.2 Å². The van der Waals surface area contributed by atoms with Crippen LogP contribution in [0.15, 0.2) is 6.07 Å². The van der Waals surface area contributed by atoms with Crippen molar-refractivity contribution in [3.63, 3.8) is 0 Å². The highest BCUT2D eigenvalue weighted by atomic mass is 32.1. The van der Waals surface area contributed by atoms with E-state index in [4.69, 9.17) is 5.26 Å². The highest BCUT2D eigenvalue weighted by Crippen LogP contribution is 2.28. The molecule has 5 heteroatoms. The molecule has 0 radical (unpaired) electrons. The molecular formula is C11H10N4S. The summed E-state index contributed by atoms with van der Waals surface area (Å²) in [6.07, 6.45) is 0. The summed E-state index contributed by atoms with van der Waals surface area (Å²) in [6, 6.07) is 3.74. The summed E-state index contributed by atoms with van der Waals surface area (Å²) in [7, 11) is 0. The van der Waals surface area contributed by atoms with Crippen LogP contribution in [0, 0.1) is 32.1 Å². The second-order valence-corrected chi connectivity index (χ2v) is 4.65. The summed E-state index contributed by atoms with van der Waals surface area (Å²) < 4.78 is 0. The molecule has 0 spiro atoms. The molecule has 2 aromatic heterocycles. The Balaban J connectivity index is 2.60. The van der Waals surface area contributed by atoms with Crippen molar-refractivity contribution in [1.82, 2.24) is 15.0 Å². The maximum atomic E-state index is 8.86. The molecule has 0 N–H and O–H groups in total. The van der Waals surface area contributed by atoms with Gasteiger partial charge in [0.15, 0.2) is 0 Å². The average Bonchev–Trinajstić information content (AvgIpc) is 2.57. The predicted molar refractivity (Wildman–Crippen MR) is 62.1 cm³/mol. The van der Waals surface area contributed by atoms with Crippen molar-refractivity contribution in [2.45, 2.75) is 20.8 Å². The first kappa shape index (κ1) is 10.7. The molecule has 0 saturated heterocycles. The SMILES string of the molecule is Cc1nc(C#N)cc(-c2sc(C)nc2C)n1. The molecule has 0 aromatic carbocycles. The van der Waals surface area contributed by atoms with Gasteiger partial charge in [-0.2, -0.15) is 5.26 Å². The average molecular weight is 230 g/mol. The molecule has 0 amide bonds. The lowest BCUT2D eigenvalue weighted by Crippen LogP contribution is -1.94. The Kier molecular flexibility index (Phi) is 2.67. The third-order valence-corrected chi connectivity index (χ3v) is 3.18. The Hall–Kier alpha value is -1.80. The monoisotopic (exact) mass is 230 g/mol. The molecule has 0 aliphatic rings. The third-order valence-electron chi connectivity index (χ3n) is 2.09. The van der Waals surface area contributed by atoms with E-state index in [0.29, 0.717) is 11.5 Å². The van der Waals surface area contributed by atoms with Gasteiger partial charge in [-0.3, -0.25) is 0 Å². The van der Waals surface area contributed by atoms with Crippen LogP contribution in [0.3, 0.4) is 0 Å². The molecule has 0 aliphatic heterocycles. The summed E-state index contributed by atoms with van der Waals surface area (Å²) in [5, 5.41) is 9.86. The number of aromatic nitrogens is 3. The van der Waals surface area contributed by atoms with Gasteiger partial charge in [0.25, 0.3) is 0 Å². The van der Waals surface area contributed by atoms with Gasteiger partial charge in [0, 0.05) is 6.07 Å². The molecule has 80 valence electrons. The molecule has 0 atom stereocenters. The second-order valence-electron chi connectivity index (χ2n) is 3.44. The molecule has 4 nitrogen and oxygen atoms in total. The zero-order valence-corrected chi connectivity index (χ0v) is 10.1. The van der Waals surface area contributed by atoms with E-state index in [0.717, 1.165) is 21.3 Å². The smallest absolute Gasteiger partial charge is 0.144 e. The van der Waals surface area contributed by atoms with E-state index in [-0.39, 0.29) is 0 Å². The van der Waals surface area contributed by atoms with Crippen LogP contribution < -0.4 is 0 Å². The number of hydrogen-bond donors (Lipinski definition) is 0. The van der Waals surface area contributed by atoms with Crippen molar-refractivity contribution in [2.24, 2.45) is 0 Å². The fourth-order valence-corrected chi connectivity index (χ4v) is 2.39. The van der Waals surface area contributed by atoms with Gasteiger partial charge in [-0.1, -0.05) is 0 Å². The Bertz CT molecular complexity index is 580. The maximum Gasteiger partial charge on any atom is 0.144 e. The summed E-state index contributed by atoms with van der Waals surface area (Å²) in [6.45, 7) is 5.69. The Morgan fingerprint density at radius 3 is 2.50 bits per heavy atom. The molecule has 0 fully saturated rings. The quantitative estimate of drug-likeness (QED) is 0.754. The van der Waals surface area contributed by atoms with Gasteiger partial charge in [-0.15, -0.1) is 11.3 Å². The minimum Gasteiger partial charge on any atom is -0.246 e. The highest BCUT2D eigenvalue weighted by Gasteiger charge is 2.10. The van der Waals surface area contributed by atoms with Gasteiger partial charge in [-0.25, -0.2) is 15.0 Å². The Morgan fingerprint density at radius 2 is 1.94 bits per heavy atom. The van der Waals surface area contributed by atoms with E-state index >= 15 is 0 Å². The molecular weight excluding hydrogens is 220 g/mol. The molecule has 0 saturated carbocycles. The van der Waals surface area contributed by atoms with E-state index in [2.05, 4.69) is 15.0 Å². The van der Waals surface area contributed by atoms with Crippen molar-refractivity contribution in [3.8, 4) is 16.6 Å². The number of thiazole rings is 1. The minimum atomic E-state index is 0.396. The van der Waals surface area contributed by atoms with E-state index in [1.54, 1.807) is 24.3 Å². The number of nitrogens with zero attached hydrogens (tertiary/aromatic N) is 4. The van der Waals surface area contributed by atoms with Crippen LogP contribution in [0.2, 0.25) is 0 Å². The van der Waals surface area contributed by atoms with E-state index < -0.39 is 0 Å². The van der Waals surface area contributed by atoms with E-state index in [1.165, 1.54) is 0 Å². The zero-order chi connectivity index (χ0) is 11.7. The Labute approximate surface area is 97.6 Å².